The summed E-state index contributed by atoms with van der Waals surface area (Å²) in [6, 6.07) is 10.7. The van der Waals surface area contributed by atoms with Crippen molar-refractivity contribution >= 4 is 17.3 Å². The lowest BCUT2D eigenvalue weighted by atomic mass is 10.1. The van der Waals surface area contributed by atoms with Gasteiger partial charge in [-0.2, -0.15) is 8.78 Å². The zero-order valence-electron chi connectivity index (χ0n) is 22.9. The van der Waals surface area contributed by atoms with E-state index in [1.807, 2.05) is 56.5 Å². The Morgan fingerprint density at radius 2 is 1.82 bits per heavy atom. The Balaban J connectivity index is 1.35. The first-order valence-electron chi connectivity index (χ1n) is 13.1. The maximum atomic E-state index is 12.9. The number of rotatable bonds is 6. The number of pyridine rings is 1. The van der Waals surface area contributed by atoms with Gasteiger partial charge in [0.05, 0.1) is 5.69 Å². The number of aromatic nitrogens is 4. The number of alkyl halides is 2. The van der Waals surface area contributed by atoms with E-state index < -0.39 is 12.2 Å². The number of halogens is 2. The fraction of sp³-hybridized carbons (Fsp3) is 0.333. The van der Waals surface area contributed by atoms with Crippen LogP contribution in [0.25, 0.3) is 22.3 Å². The van der Waals surface area contributed by atoms with Crippen molar-refractivity contribution in [1.29, 1.82) is 0 Å². The molecule has 0 saturated carbocycles. The third-order valence-electron chi connectivity index (χ3n) is 6.60. The summed E-state index contributed by atoms with van der Waals surface area (Å²) in [5.74, 6) is 0.779. The highest BCUT2D eigenvalue weighted by molar-refractivity contribution is 5.71. The largest absolute Gasteiger partial charge is 0.444 e. The second-order valence-corrected chi connectivity index (χ2v) is 10.7. The van der Waals surface area contributed by atoms with E-state index in [0.29, 0.717) is 37.3 Å². The van der Waals surface area contributed by atoms with Crippen LogP contribution in [0.2, 0.25) is 0 Å². The van der Waals surface area contributed by atoms with E-state index in [0.717, 1.165) is 33.7 Å². The Bertz CT molecular complexity index is 1560. The number of imidazole rings is 1. The molecule has 0 saturated heterocycles. The molecule has 0 radical (unpaired) electrons. The molecule has 0 atom stereocenters. The molecule has 0 N–H and O–H groups in total. The van der Waals surface area contributed by atoms with Crippen molar-refractivity contribution in [2.24, 2.45) is 0 Å². The monoisotopic (exact) mass is 547 g/mol. The number of nitrogens with zero attached hydrogens (tertiary/aromatic N) is 5. The van der Waals surface area contributed by atoms with E-state index in [1.54, 1.807) is 41.6 Å². The number of hydrogen-bond donors (Lipinski definition) is 0. The summed E-state index contributed by atoms with van der Waals surface area (Å²) in [5.41, 5.74) is 5.26. The summed E-state index contributed by atoms with van der Waals surface area (Å²) in [7, 11) is 0. The number of carbonyl (C=O) groups excluding carboxylic acids is 1. The molecule has 10 heteroatoms. The SMILES string of the molecule is Cc1nc2ccc(-c3cnc(C4=CCN(C(=O)OC(C)(C)C)CC4)nc3)cn2c1Cc1ccccc1OC(F)F. The number of benzene rings is 1. The summed E-state index contributed by atoms with van der Waals surface area (Å²) >= 11 is 0. The third kappa shape index (κ3) is 6.11. The summed E-state index contributed by atoms with van der Waals surface area (Å²) in [6.07, 6.45) is 8.17. The third-order valence-corrected chi connectivity index (χ3v) is 6.60. The summed E-state index contributed by atoms with van der Waals surface area (Å²) in [4.78, 5) is 27.8. The topological polar surface area (TPSA) is 81.9 Å². The van der Waals surface area contributed by atoms with Crippen LogP contribution in [-0.4, -0.2) is 55.6 Å². The molecule has 4 heterocycles. The molecule has 0 unspecified atom stereocenters. The normalized spacial score (nSPS) is 14.0. The molecule has 1 aliphatic rings. The predicted octanol–water partition coefficient (Wildman–Crippen LogP) is 6.32. The van der Waals surface area contributed by atoms with Gasteiger partial charge in [0, 0.05) is 60.5 Å². The summed E-state index contributed by atoms with van der Waals surface area (Å²) in [6.45, 7) is 5.54. The number of fused-ring (bicyclic) bond motifs is 1. The molecule has 5 rings (SSSR count). The van der Waals surface area contributed by atoms with Crippen LogP contribution in [0.5, 0.6) is 5.75 Å². The van der Waals surface area contributed by atoms with Gasteiger partial charge < -0.3 is 18.8 Å². The van der Waals surface area contributed by atoms with Gasteiger partial charge >= 0.3 is 12.7 Å². The number of ether oxygens (including phenoxy) is 2. The molecule has 0 aliphatic carbocycles. The van der Waals surface area contributed by atoms with Crippen LogP contribution in [0, 0.1) is 6.92 Å². The lowest BCUT2D eigenvalue weighted by Gasteiger charge is -2.29. The first-order valence-corrected chi connectivity index (χ1v) is 13.1. The van der Waals surface area contributed by atoms with Gasteiger partial charge in [0.15, 0.2) is 5.82 Å². The molecule has 1 aromatic carbocycles. The Labute approximate surface area is 231 Å². The van der Waals surface area contributed by atoms with Gasteiger partial charge in [-0.1, -0.05) is 24.3 Å². The van der Waals surface area contributed by atoms with E-state index >= 15 is 0 Å². The molecule has 3 aromatic heterocycles. The first kappa shape index (κ1) is 27.2. The number of amides is 1. The van der Waals surface area contributed by atoms with Crippen molar-refractivity contribution in [2.45, 2.75) is 52.7 Å². The molecule has 208 valence electrons. The van der Waals surface area contributed by atoms with Gasteiger partial charge in [-0.15, -0.1) is 0 Å². The molecular weight excluding hydrogens is 516 g/mol. The van der Waals surface area contributed by atoms with E-state index in [9.17, 15) is 13.6 Å². The zero-order chi connectivity index (χ0) is 28.4. The molecule has 0 spiro atoms. The van der Waals surface area contributed by atoms with Crippen LogP contribution >= 0.6 is 0 Å². The number of para-hydroxylation sites is 1. The highest BCUT2D eigenvalue weighted by Crippen LogP contribution is 2.28. The fourth-order valence-electron chi connectivity index (χ4n) is 4.64. The van der Waals surface area contributed by atoms with Crippen LogP contribution in [-0.2, 0) is 11.2 Å². The van der Waals surface area contributed by atoms with Crippen molar-refractivity contribution in [1.82, 2.24) is 24.3 Å². The number of carbonyl (C=O) groups is 1. The minimum absolute atomic E-state index is 0.151. The van der Waals surface area contributed by atoms with Gasteiger partial charge in [0.25, 0.3) is 0 Å². The first-order chi connectivity index (χ1) is 19.1. The molecular formula is C30H31F2N5O3. The van der Waals surface area contributed by atoms with Gasteiger partial charge in [-0.05, 0) is 57.9 Å². The minimum Gasteiger partial charge on any atom is -0.444 e. The van der Waals surface area contributed by atoms with Crippen molar-refractivity contribution in [3.8, 4) is 16.9 Å². The Morgan fingerprint density at radius 3 is 2.50 bits per heavy atom. The van der Waals surface area contributed by atoms with Gasteiger partial charge in [0.2, 0.25) is 0 Å². The molecule has 8 nitrogen and oxygen atoms in total. The van der Waals surface area contributed by atoms with Crippen molar-refractivity contribution in [2.75, 3.05) is 13.1 Å². The quantitative estimate of drug-likeness (QED) is 0.281. The molecule has 40 heavy (non-hydrogen) atoms. The average Bonchev–Trinajstić information content (AvgIpc) is 3.22. The summed E-state index contributed by atoms with van der Waals surface area (Å²) < 4.78 is 38.0. The van der Waals surface area contributed by atoms with Crippen LogP contribution in [0.15, 0.2) is 61.1 Å². The van der Waals surface area contributed by atoms with Gasteiger partial charge in [0.1, 0.15) is 17.0 Å². The van der Waals surface area contributed by atoms with E-state index in [-0.39, 0.29) is 11.8 Å². The van der Waals surface area contributed by atoms with Crippen molar-refractivity contribution < 1.29 is 23.0 Å². The highest BCUT2D eigenvalue weighted by atomic mass is 19.3. The van der Waals surface area contributed by atoms with E-state index in [4.69, 9.17) is 9.47 Å². The van der Waals surface area contributed by atoms with Crippen molar-refractivity contribution in [3.05, 3.63) is 83.8 Å². The van der Waals surface area contributed by atoms with Crippen LogP contribution in [0.3, 0.4) is 0 Å². The molecule has 0 bridgehead atoms. The Hall–Kier alpha value is -4.34. The van der Waals surface area contributed by atoms with Crippen LogP contribution in [0.4, 0.5) is 13.6 Å². The second-order valence-electron chi connectivity index (χ2n) is 10.7. The molecule has 0 fully saturated rings. The van der Waals surface area contributed by atoms with Crippen molar-refractivity contribution in [3.63, 3.8) is 0 Å². The van der Waals surface area contributed by atoms with Crippen LogP contribution < -0.4 is 4.74 Å². The molecule has 1 amide bonds. The zero-order valence-corrected chi connectivity index (χ0v) is 22.9. The lowest BCUT2D eigenvalue weighted by molar-refractivity contribution is -0.0504. The maximum absolute atomic E-state index is 12.9. The summed E-state index contributed by atoms with van der Waals surface area (Å²) in [5, 5.41) is 0. The number of hydrogen-bond acceptors (Lipinski definition) is 6. The fourth-order valence-corrected chi connectivity index (χ4v) is 4.64. The van der Waals surface area contributed by atoms with Gasteiger partial charge in [-0.25, -0.2) is 19.7 Å². The Kier molecular flexibility index (Phi) is 7.51. The Morgan fingerprint density at radius 1 is 1.07 bits per heavy atom. The smallest absolute Gasteiger partial charge is 0.410 e. The average molecular weight is 548 g/mol. The maximum Gasteiger partial charge on any atom is 0.410 e. The van der Waals surface area contributed by atoms with Crippen LogP contribution in [0.1, 0.15) is 50.0 Å². The number of aryl methyl sites for hydroxylation is 1. The predicted molar refractivity (Wildman–Crippen MR) is 147 cm³/mol. The van der Waals surface area contributed by atoms with Gasteiger partial charge in [-0.3, -0.25) is 0 Å². The highest BCUT2D eigenvalue weighted by Gasteiger charge is 2.24. The standard InChI is InChI=1S/C30H31F2N5O3/c1-19-24(15-21-7-5-6-8-25(21)39-28(31)32)37-18-22(9-10-26(37)35-19)23-16-33-27(34-17-23)20-11-13-36(14-12-20)29(38)40-30(2,3)4/h5-11,16-18,28H,12-15H2,1-4H3. The molecule has 4 aromatic rings. The minimum atomic E-state index is -2.90. The van der Waals surface area contributed by atoms with E-state index in [2.05, 4.69) is 15.0 Å². The molecule has 1 aliphatic heterocycles. The second kappa shape index (κ2) is 11.0. The lowest BCUT2D eigenvalue weighted by Crippen LogP contribution is -2.39. The van der Waals surface area contributed by atoms with E-state index in [1.165, 1.54) is 0 Å².